The van der Waals surface area contributed by atoms with Gasteiger partial charge in [-0.3, -0.25) is 4.79 Å². The second kappa shape index (κ2) is 12.4. The zero-order chi connectivity index (χ0) is 31.0. The summed E-state index contributed by atoms with van der Waals surface area (Å²) in [7, 11) is 2.03. The highest BCUT2D eigenvalue weighted by atomic mass is 16.5. The van der Waals surface area contributed by atoms with Crippen LogP contribution < -0.4 is 10.1 Å². The fourth-order valence-corrected chi connectivity index (χ4v) is 6.60. The Labute approximate surface area is 261 Å². The number of aromatic amines is 1. The fourth-order valence-electron chi connectivity index (χ4n) is 6.60. The summed E-state index contributed by atoms with van der Waals surface area (Å²) in [5, 5.41) is 4.78. The third kappa shape index (κ3) is 5.35. The van der Waals surface area contributed by atoms with Crippen LogP contribution in [0.5, 0.6) is 5.75 Å². The molecule has 0 fully saturated rings. The van der Waals surface area contributed by atoms with Crippen molar-refractivity contribution in [3.05, 3.63) is 66.2 Å². The molecule has 2 aromatic carbocycles. The van der Waals surface area contributed by atoms with Gasteiger partial charge in [0.25, 0.3) is 0 Å². The Morgan fingerprint density at radius 3 is 2.64 bits per heavy atom. The number of carbonyl (C=O) groups excluding carboxylic acids is 1. The van der Waals surface area contributed by atoms with E-state index in [0.29, 0.717) is 12.3 Å². The van der Waals surface area contributed by atoms with Crippen molar-refractivity contribution in [2.75, 3.05) is 13.6 Å². The first-order valence-electron chi connectivity index (χ1n) is 16.4. The summed E-state index contributed by atoms with van der Waals surface area (Å²) in [4.78, 5) is 25.0. The summed E-state index contributed by atoms with van der Waals surface area (Å²) in [6.07, 6.45) is 9.59. The van der Waals surface area contributed by atoms with E-state index < -0.39 is 0 Å². The SMILES string of the molecule is CCCCC(C)c1ncc(-c2ccc3c(c2)OC(CC)n2c-3cc3cc(C4=CN(C)C(N(CCC)C(=O)CC)N4)ccc32)[nH]1. The predicted molar refractivity (Wildman–Crippen MR) is 178 cm³/mol. The maximum Gasteiger partial charge on any atom is 0.225 e. The maximum atomic E-state index is 12.7. The molecule has 0 bridgehead atoms. The van der Waals surface area contributed by atoms with Crippen molar-refractivity contribution in [2.45, 2.75) is 91.6 Å². The van der Waals surface area contributed by atoms with E-state index >= 15 is 0 Å². The molecule has 44 heavy (non-hydrogen) atoms. The number of H-pyrrole nitrogens is 1. The van der Waals surface area contributed by atoms with Crippen LogP contribution in [0.1, 0.15) is 96.7 Å². The van der Waals surface area contributed by atoms with Crippen molar-refractivity contribution in [1.29, 1.82) is 0 Å². The Morgan fingerprint density at radius 2 is 1.89 bits per heavy atom. The molecular formula is C36H46N6O2. The lowest BCUT2D eigenvalue weighted by Gasteiger charge is -2.33. The Balaban J connectivity index is 1.30. The predicted octanol–water partition coefficient (Wildman–Crippen LogP) is 8.06. The van der Waals surface area contributed by atoms with Gasteiger partial charge < -0.3 is 29.4 Å². The number of benzene rings is 2. The number of imidazole rings is 1. The molecule has 6 rings (SSSR count). The van der Waals surface area contributed by atoms with Crippen LogP contribution in [0.25, 0.3) is 39.1 Å². The van der Waals surface area contributed by atoms with Crippen molar-refractivity contribution >= 4 is 22.5 Å². The van der Waals surface area contributed by atoms with Crippen molar-refractivity contribution in [3.63, 3.8) is 0 Å². The van der Waals surface area contributed by atoms with E-state index in [1.807, 2.05) is 25.1 Å². The van der Waals surface area contributed by atoms with Crippen LogP contribution >= 0.6 is 0 Å². The molecule has 0 saturated carbocycles. The molecule has 2 aliphatic rings. The van der Waals surface area contributed by atoms with Gasteiger partial charge in [-0.05, 0) is 48.7 Å². The van der Waals surface area contributed by atoms with Gasteiger partial charge in [0, 0.05) is 55.1 Å². The Morgan fingerprint density at radius 1 is 1.07 bits per heavy atom. The molecule has 2 aromatic heterocycles. The number of ether oxygens (including phenoxy) is 1. The zero-order valence-electron chi connectivity index (χ0n) is 27.0. The first kappa shape index (κ1) is 29.9. The molecule has 0 aliphatic carbocycles. The van der Waals surface area contributed by atoms with Crippen LogP contribution in [0.15, 0.2) is 54.9 Å². The van der Waals surface area contributed by atoms with Gasteiger partial charge in [-0.25, -0.2) is 4.98 Å². The molecule has 2 aliphatic heterocycles. The molecule has 4 aromatic rings. The highest BCUT2D eigenvalue weighted by Crippen LogP contribution is 2.45. The number of amides is 1. The van der Waals surface area contributed by atoms with Crippen molar-refractivity contribution in [3.8, 4) is 28.3 Å². The summed E-state index contributed by atoms with van der Waals surface area (Å²) >= 11 is 0. The lowest BCUT2D eigenvalue weighted by molar-refractivity contribution is -0.136. The zero-order valence-corrected chi connectivity index (χ0v) is 27.0. The number of hydrogen-bond donors (Lipinski definition) is 2. The Kier molecular flexibility index (Phi) is 8.43. The molecule has 0 radical (unpaired) electrons. The topological polar surface area (TPSA) is 78.4 Å². The van der Waals surface area contributed by atoms with E-state index in [-0.39, 0.29) is 18.4 Å². The van der Waals surface area contributed by atoms with Crippen molar-refractivity contribution in [2.24, 2.45) is 0 Å². The number of hydrogen-bond acceptors (Lipinski definition) is 5. The molecule has 8 heteroatoms. The molecule has 0 saturated heterocycles. The van der Waals surface area contributed by atoms with Gasteiger partial charge in [0.2, 0.25) is 5.91 Å². The standard InChI is InChI=1S/C36H46N6O2/c1-7-11-12-23(5)35-37-21-28(38-35)25-13-15-27-31-19-26-18-24(14-16-30(26)42(31)34(10-4)44-32(27)20-25)29-22-40(6)36(39-29)41(17-8-2)33(43)9-3/h13-16,18-23,34,36,39H,7-12,17H2,1-6H3,(H,37,38). The molecule has 232 valence electrons. The van der Waals surface area contributed by atoms with Crippen LogP contribution in [-0.4, -0.2) is 50.1 Å². The average molecular weight is 595 g/mol. The van der Waals surface area contributed by atoms with E-state index in [2.05, 4.69) is 96.1 Å². The molecule has 3 unspecified atom stereocenters. The third-order valence-electron chi connectivity index (χ3n) is 9.06. The van der Waals surface area contributed by atoms with Gasteiger partial charge in [-0.2, -0.15) is 0 Å². The van der Waals surface area contributed by atoms with Crippen LogP contribution in [-0.2, 0) is 4.79 Å². The minimum Gasteiger partial charge on any atom is -0.469 e. The van der Waals surface area contributed by atoms with E-state index in [1.165, 1.54) is 23.9 Å². The monoisotopic (exact) mass is 594 g/mol. The largest absolute Gasteiger partial charge is 0.469 e. The van der Waals surface area contributed by atoms with Crippen LogP contribution in [0.3, 0.4) is 0 Å². The quantitative estimate of drug-likeness (QED) is 0.184. The van der Waals surface area contributed by atoms with Gasteiger partial charge in [0.05, 0.1) is 28.8 Å². The average Bonchev–Trinajstić information content (AvgIpc) is 3.78. The first-order valence-corrected chi connectivity index (χ1v) is 16.4. The van der Waals surface area contributed by atoms with Crippen molar-refractivity contribution < 1.29 is 9.53 Å². The van der Waals surface area contributed by atoms with E-state index in [0.717, 1.165) is 71.0 Å². The number of aromatic nitrogens is 3. The van der Waals surface area contributed by atoms with Gasteiger partial charge >= 0.3 is 0 Å². The van der Waals surface area contributed by atoms with Gasteiger partial charge in [-0.1, -0.05) is 59.6 Å². The van der Waals surface area contributed by atoms with Crippen LogP contribution in [0.4, 0.5) is 0 Å². The normalized spacial score (nSPS) is 18.0. The number of nitrogens with zero attached hydrogens (tertiary/aromatic N) is 4. The highest BCUT2D eigenvalue weighted by Gasteiger charge is 2.31. The lowest BCUT2D eigenvalue weighted by atomic mass is 10.0. The first-order chi connectivity index (χ1) is 21.4. The molecule has 0 spiro atoms. The molecule has 3 atom stereocenters. The third-order valence-corrected chi connectivity index (χ3v) is 9.06. The molecule has 8 nitrogen and oxygen atoms in total. The molecule has 4 heterocycles. The maximum absolute atomic E-state index is 12.7. The molecule has 1 amide bonds. The van der Waals surface area contributed by atoms with E-state index in [1.54, 1.807) is 0 Å². The minimum atomic E-state index is -0.181. The van der Waals surface area contributed by atoms with Crippen molar-refractivity contribution in [1.82, 2.24) is 29.7 Å². The Bertz CT molecular complexity index is 1680. The number of unbranched alkanes of at least 4 members (excludes halogenated alkanes) is 1. The smallest absolute Gasteiger partial charge is 0.225 e. The Hall–Kier alpha value is -4.20. The molecular weight excluding hydrogens is 548 g/mol. The second-order valence-electron chi connectivity index (χ2n) is 12.3. The summed E-state index contributed by atoms with van der Waals surface area (Å²) in [5.41, 5.74) is 7.65. The highest BCUT2D eigenvalue weighted by molar-refractivity contribution is 5.92. The summed E-state index contributed by atoms with van der Waals surface area (Å²) in [6, 6.07) is 15.4. The summed E-state index contributed by atoms with van der Waals surface area (Å²) in [5.74, 6) is 2.52. The number of carbonyl (C=O) groups is 1. The summed E-state index contributed by atoms with van der Waals surface area (Å²) in [6.45, 7) is 11.4. The fraction of sp³-hybridized carbons (Fsp3) is 0.444. The van der Waals surface area contributed by atoms with Crippen LogP contribution in [0, 0.1) is 0 Å². The summed E-state index contributed by atoms with van der Waals surface area (Å²) < 4.78 is 8.98. The second-order valence-corrected chi connectivity index (χ2v) is 12.3. The minimum absolute atomic E-state index is 0.0931. The molecule has 2 N–H and O–H groups in total. The van der Waals surface area contributed by atoms with Gasteiger partial charge in [0.1, 0.15) is 11.6 Å². The number of nitrogens with one attached hydrogen (secondary N) is 2. The van der Waals surface area contributed by atoms with E-state index in [4.69, 9.17) is 9.72 Å². The van der Waals surface area contributed by atoms with Gasteiger partial charge in [0.15, 0.2) is 12.5 Å². The number of rotatable bonds is 11. The van der Waals surface area contributed by atoms with E-state index in [9.17, 15) is 4.79 Å². The van der Waals surface area contributed by atoms with Crippen LogP contribution in [0.2, 0.25) is 0 Å². The number of fused-ring (bicyclic) bond motifs is 5. The van der Waals surface area contributed by atoms with Gasteiger partial charge in [-0.15, -0.1) is 0 Å². The lowest BCUT2D eigenvalue weighted by Crippen LogP contribution is -2.52.